The van der Waals surface area contributed by atoms with Gasteiger partial charge in [0.1, 0.15) is 0 Å². The van der Waals surface area contributed by atoms with Crippen LogP contribution in [0.2, 0.25) is 0 Å². The van der Waals surface area contributed by atoms with E-state index in [0.29, 0.717) is 0 Å². The molecule has 6 N–H and O–H groups in total. The summed E-state index contributed by atoms with van der Waals surface area (Å²) in [5.74, 6) is -1.71. The second-order valence-corrected chi connectivity index (χ2v) is 4.93. The molecule has 7 heteroatoms. The second-order valence-electron chi connectivity index (χ2n) is 4.93. The fraction of sp³-hybridized carbons (Fsp3) is 0.727. The number of hydrogen-bond acceptors (Lipinski definition) is 4. The van der Waals surface area contributed by atoms with E-state index in [9.17, 15) is 14.4 Å². The third-order valence-corrected chi connectivity index (χ3v) is 3.15. The lowest BCUT2D eigenvalue weighted by molar-refractivity contribution is -0.139. The predicted molar refractivity (Wildman–Crippen MR) is 65.0 cm³/mol. The zero-order valence-electron chi connectivity index (χ0n) is 10.4. The molecule has 0 heterocycles. The lowest BCUT2D eigenvalue weighted by Gasteiger charge is -2.27. The minimum Gasteiger partial charge on any atom is -0.368 e. The summed E-state index contributed by atoms with van der Waals surface area (Å²) in [4.78, 5) is 34.8. The van der Waals surface area contributed by atoms with Gasteiger partial charge in [-0.1, -0.05) is 12.8 Å². The molecule has 0 atom stereocenters. The van der Waals surface area contributed by atoms with E-state index < -0.39 is 17.4 Å². The number of carbonyl (C=O) groups is 3. The number of primary amides is 2. The monoisotopic (exact) mass is 256 g/mol. The van der Waals surface area contributed by atoms with Gasteiger partial charge >= 0.3 is 0 Å². The van der Waals surface area contributed by atoms with Crippen molar-refractivity contribution in [1.82, 2.24) is 4.90 Å². The maximum absolute atomic E-state index is 12.0. The third-order valence-electron chi connectivity index (χ3n) is 3.15. The molecule has 102 valence electrons. The zero-order valence-corrected chi connectivity index (χ0v) is 10.4. The first-order valence-electron chi connectivity index (χ1n) is 5.96. The lowest BCUT2D eigenvalue weighted by Crippen LogP contribution is -2.48. The number of hydrogen-bond donors (Lipinski definition) is 3. The van der Waals surface area contributed by atoms with Gasteiger partial charge in [0.2, 0.25) is 17.7 Å². The Morgan fingerprint density at radius 2 is 1.44 bits per heavy atom. The standard InChI is InChI=1S/C11H20N4O3/c12-8(16)6-15(7-9(13)17)10(18)5-11(14)3-1-2-4-11/h1-7,14H2,(H2,12,16)(H2,13,17). The van der Waals surface area contributed by atoms with Crippen LogP contribution in [0.1, 0.15) is 32.1 Å². The van der Waals surface area contributed by atoms with Crippen LogP contribution in [-0.2, 0) is 14.4 Å². The predicted octanol–water partition coefficient (Wildman–Crippen LogP) is -1.55. The average molecular weight is 256 g/mol. The molecule has 0 aromatic rings. The SMILES string of the molecule is NC(=O)CN(CC(N)=O)C(=O)CC1(N)CCCC1. The van der Waals surface area contributed by atoms with Crippen molar-refractivity contribution in [2.24, 2.45) is 17.2 Å². The summed E-state index contributed by atoms with van der Waals surface area (Å²) in [6.45, 7) is -0.615. The van der Waals surface area contributed by atoms with E-state index in [2.05, 4.69) is 0 Å². The molecular weight excluding hydrogens is 236 g/mol. The molecule has 0 aromatic carbocycles. The molecule has 7 nitrogen and oxygen atoms in total. The molecule has 0 radical (unpaired) electrons. The Hall–Kier alpha value is -1.63. The van der Waals surface area contributed by atoms with Gasteiger partial charge in [0.05, 0.1) is 13.1 Å². The highest BCUT2D eigenvalue weighted by molar-refractivity contribution is 5.88. The number of carbonyl (C=O) groups excluding carboxylic acids is 3. The van der Waals surface area contributed by atoms with Crippen molar-refractivity contribution >= 4 is 17.7 Å². The zero-order chi connectivity index (χ0) is 13.8. The topological polar surface area (TPSA) is 133 Å². The molecule has 3 amide bonds. The van der Waals surface area contributed by atoms with E-state index in [1.807, 2.05) is 0 Å². The Bertz CT molecular complexity index is 334. The van der Waals surface area contributed by atoms with Gasteiger partial charge in [-0.2, -0.15) is 0 Å². The first kappa shape index (κ1) is 14.4. The van der Waals surface area contributed by atoms with Gasteiger partial charge in [-0.25, -0.2) is 0 Å². The van der Waals surface area contributed by atoms with Crippen LogP contribution in [0.5, 0.6) is 0 Å². The molecule has 0 aliphatic heterocycles. The summed E-state index contributed by atoms with van der Waals surface area (Å²) in [7, 11) is 0. The molecular formula is C11H20N4O3. The highest BCUT2D eigenvalue weighted by Crippen LogP contribution is 2.30. The van der Waals surface area contributed by atoms with Crippen LogP contribution < -0.4 is 17.2 Å². The minimum atomic E-state index is -0.679. The van der Waals surface area contributed by atoms with Crippen molar-refractivity contribution in [3.05, 3.63) is 0 Å². The summed E-state index contributed by atoms with van der Waals surface area (Å²) >= 11 is 0. The smallest absolute Gasteiger partial charge is 0.237 e. The van der Waals surface area contributed by atoms with Crippen LogP contribution >= 0.6 is 0 Å². The molecule has 1 rings (SSSR count). The quantitative estimate of drug-likeness (QED) is 0.530. The number of amides is 3. The van der Waals surface area contributed by atoms with Crippen molar-refractivity contribution in [3.8, 4) is 0 Å². The Balaban J connectivity index is 2.63. The molecule has 0 saturated heterocycles. The highest BCUT2D eigenvalue weighted by Gasteiger charge is 2.33. The molecule has 1 aliphatic carbocycles. The summed E-state index contributed by atoms with van der Waals surface area (Å²) in [6, 6.07) is 0. The van der Waals surface area contributed by atoms with E-state index >= 15 is 0 Å². The number of nitrogens with zero attached hydrogens (tertiary/aromatic N) is 1. The molecule has 0 spiro atoms. The van der Waals surface area contributed by atoms with Crippen molar-refractivity contribution in [2.45, 2.75) is 37.6 Å². The number of nitrogens with two attached hydrogens (primary N) is 3. The maximum Gasteiger partial charge on any atom is 0.237 e. The Morgan fingerprint density at radius 3 is 1.83 bits per heavy atom. The number of rotatable bonds is 6. The fourth-order valence-electron chi connectivity index (χ4n) is 2.28. The van der Waals surface area contributed by atoms with Crippen LogP contribution in [0.3, 0.4) is 0 Å². The molecule has 1 aliphatic rings. The van der Waals surface area contributed by atoms with Gasteiger partial charge in [-0.3, -0.25) is 14.4 Å². The summed E-state index contributed by atoms with van der Waals surface area (Å²) < 4.78 is 0. The summed E-state index contributed by atoms with van der Waals surface area (Å²) in [5.41, 5.74) is 15.6. The molecule has 1 saturated carbocycles. The average Bonchev–Trinajstić information content (AvgIpc) is 2.62. The van der Waals surface area contributed by atoms with Gasteiger partial charge in [0, 0.05) is 12.0 Å². The van der Waals surface area contributed by atoms with E-state index in [-0.39, 0.29) is 25.4 Å². The van der Waals surface area contributed by atoms with Crippen molar-refractivity contribution in [1.29, 1.82) is 0 Å². The Labute approximate surface area is 106 Å². The van der Waals surface area contributed by atoms with Crippen LogP contribution in [0, 0.1) is 0 Å². The van der Waals surface area contributed by atoms with Crippen LogP contribution in [0.25, 0.3) is 0 Å². The highest BCUT2D eigenvalue weighted by atomic mass is 16.2. The largest absolute Gasteiger partial charge is 0.368 e. The van der Waals surface area contributed by atoms with E-state index in [1.165, 1.54) is 0 Å². The van der Waals surface area contributed by atoms with Gasteiger partial charge in [0.15, 0.2) is 0 Å². The molecule has 18 heavy (non-hydrogen) atoms. The van der Waals surface area contributed by atoms with Crippen molar-refractivity contribution in [2.75, 3.05) is 13.1 Å². The van der Waals surface area contributed by atoms with E-state index in [1.54, 1.807) is 0 Å². The normalized spacial score (nSPS) is 17.4. The molecule has 0 unspecified atom stereocenters. The van der Waals surface area contributed by atoms with Gasteiger partial charge < -0.3 is 22.1 Å². The molecule has 1 fully saturated rings. The second kappa shape index (κ2) is 5.81. The fourth-order valence-corrected chi connectivity index (χ4v) is 2.28. The lowest BCUT2D eigenvalue weighted by atomic mass is 9.94. The Kier molecular flexibility index (Phi) is 4.66. The first-order chi connectivity index (χ1) is 8.32. The van der Waals surface area contributed by atoms with E-state index in [4.69, 9.17) is 17.2 Å². The maximum atomic E-state index is 12.0. The third kappa shape index (κ3) is 4.33. The van der Waals surface area contributed by atoms with E-state index in [0.717, 1.165) is 30.6 Å². The van der Waals surface area contributed by atoms with Crippen LogP contribution in [0.15, 0.2) is 0 Å². The minimum absolute atomic E-state index is 0.119. The van der Waals surface area contributed by atoms with Crippen molar-refractivity contribution < 1.29 is 14.4 Å². The van der Waals surface area contributed by atoms with Crippen LogP contribution in [0.4, 0.5) is 0 Å². The van der Waals surface area contributed by atoms with Gasteiger partial charge in [-0.05, 0) is 12.8 Å². The summed E-state index contributed by atoms with van der Waals surface area (Å²) in [5, 5.41) is 0. The Morgan fingerprint density at radius 1 is 1.00 bits per heavy atom. The molecule has 0 bridgehead atoms. The van der Waals surface area contributed by atoms with Crippen LogP contribution in [-0.4, -0.2) is 41.2 Å². The van der Waals surface area contributed by atoms with Crippen molar-refractivity contribution in [3.63, 3.8) is 0 Å². The molecule has 0 aromatic heterocycles. The van der Waals surface area contributed by atoms with Gasteiger partial charge in [0.25, 0.3) is 0 Å². The first-order valence-corrected chi connectivity index (χ1v) is 5.96. The summed E-state index contributed by atoms with van der Waals surface area (Å²) in [6.07, 6.45) is 3.66. The van der Waals surface area contributed by atoms with Gasteiger partial charge in [-0.15, -0.1) is 0 Å².